The summed E-state index contributed by atoms with van der Waals surface area (Å²) in [7, 11) is -3.67. The van der Waals surface area contributed by atoms with Crippen LogP contribution in [0.5, 0.6) is 0 Å². The Morgan fingerprint density at radius 1 is 1.00 bits per heavy atom. The number of nitrogens with zero attached hydrogens (tertiary/aromatic N) is 1. The molecular formula is C23H23FN4O4S. The molecule has 1 heterocycles. The SMILES string of the molecule is CCNS(=O)(=O)c1ccc(NC(=O)C(Cc2ccccc2)NC(=O)c2ccc(F)cc2)nc1. The summed E-state index contributed by atoms with van der Waals surface area (Å²) in [6.45, 7) is 1.89. The van der Waals surface area contributed by atoms with Gasteiger partial charge in [0.2, 0.25) is 15.9 Å². The van der Waals surface area contributed by atoms with Crippen LogP contribution >= 0.6 is 0 Å². The number of rotatable bonds is 9. The van der Waals surface area contributed by atoms with E-state index in [0.717, 1.165) is 23.9 Å². The zero-order valence-electron chi connectivity index (χ0n) is 17.8. The lowest BCUT2D eigenvalue weighted by atomic mass is 10.0. The highest BCUT2D eigenvalue weighted by Crippen LogP contribution is 2.12. The van der Waals surface area contributed by atoms with E-state index >= 15 is 0 Å². The van der Waals surface area contributed by atoms with Crippen molar-refractivity contribution in [2.24, 2.45) is 0 Å². The van der Waals surface area contributed by atoms with E-state index in [1.54, 1.807) is 6.92 Å². The first-order valence-electron chi connectivity index (χ1n) is 10.2. The van der Waals surface area contributed by atoms with E-state index in [4.69, 9.17) is 0 Å². The Kier molecular flexibility index (Phi) is 7.86. The summed E-state index contributed by atoms with van der Waals surface area (Å²) >= 11 is 0. The van der Waals surface area contributed by atoms with Gasteiger partial charge in [0, 0.05) is 24.7 Å². The lowest BCUT2D eigenvalue weighted by Gasteiger charge is -2.18. The van der Waals surface area contributed by atoms with Gasteiger partial charge in [0.25, 0.3) is 5.91 Å². The summed E-state index contributed by atoms with van der Waals surface area (Å²) in [5, 5.41) is 5.27. The Morgan fingerprint density at radius 2 is 1.70 bits per heavy atom. The average molecular weight is 471 g/mol. The van der Waals surface area contributed by atoms with Crippen LogP contribution in [-0.4, -0.2) is 37.8 Å². The number of amides is 2. The van der Waals surface area contributed by atoms with Gasteiger partial charge in [-0.3, -0.25) is 9.59 Å². The largest absolute Gasteiger partial charge is 0.340 e. The van der Waals surface area contributed by atoms with Crippen molar-refractivity contribution < 1.29 is 22.4 Å². The van der Waals surface area contributed by atoms with E-state index < -0.39 is 33.7 Å². The molecule has 0 fully saturated rings. The Bertz CT molecular complexity index is 1200. The number of nitrogens with one attached hydrogen (secondary N) is 3. The Labute approximate surface area is 191 Å². The molecule has 0 saturated heterocycles. The third-order valence-corrected chi connectivity index (χ3v) is 6.17. The summed E-state index contributed by atoms with van der Waals surface area (Å²) in [4.78, 5) is 29.6. The van der Waals surface area contributed by atoms with Crippen molar-refractivity contribution in [2.45, 2.75) is 24.3 Å². The van der Waals surface area contributed by atoms with Gasteiger partial charge < -0.3 is 10.6 Å². The van der Waals surface area contributed by atoms with Crippen molar-refractivity contribution in [3.05, 3.63) is 89.9 Å². The van der Waals surface area contributed by atoms with Gasteiger partial charge in [0.05, 0.1) is 0 Å². The topological polar surface area (TPSA) is 117 Å². The van der Waals surface area contributed by atoms with Crippen LogP contribution in [0.2, 0.25) is 0 Å². The smallest absolute Gasteiger partial charge is 0.251 e. The van der Waals surface area contributed by atoms with Gasteiger partial charge in [-0.1, -0.05) is 37.3 Å². The number of carbonyl (C=O) groups is 2. The maximum absolute atomic E-state index is 13.2. The van der Waals surface area contributed by atoms with Crippen molar-refractivity contribution in [2.75, 3.05) is 11.9 Å². The molecule has 2 aromatic carbocycles. The summed E-state index contributed by atoms with van der Waals surface area (Å²) < 4.78 is 39.6. The predicted octanol–water partition coefficient (Wildman–Crippen LogP) is 2.50. The molecule has 3 N–H and O–H groups in total. The number of sulfonamides is 1. The Balaban J connectivity index is 1.77. The van der Waals surface area contributed by atoms with Crippen molar-refractivity contribution >= 4 is 27.7 Å². The standard InChI is InChI=1S/C23H23FN4O4S/c1-2-26-33(31,32)19-12-13-21(25-15-19)28-23(30)20(14-16-6-4-3-5-7-16)27-22(29)17-8-10-18(24)11-9-17/h3-13,15,20,26H,2,14H2,1H3,(H,27,29)(H,25,28,30). The van der Waals surface area contributed by atoms with Crippen LogP contribution in [-0.2, 0) is 21.2 Å². The molecule has 8 nitrogen and oxygen atoms in total. The summed E-state index contributed by atoms with van der Waals surface area (Å²) in [5.74, 6) is -1.42. The van der Waals surface area contributed by atoms with Gasteiger partial charge >= 0.3 is 0 Å². The minimum atomic E-state index is -3.67. The highest BCUT2D eigenvalue weighted by Gasteiger charge is 2.23. The zero-order chi connectivity index (χ0) is 23.8. The molecule has 1 aromatic heterocycles. The molecule has 3 rings (SSSR count). The van der Waals surface area contributed by atoms with Gasteiger partial charge in [-0.2, -0.15) is 0 Å². The lowest BCUT2D eigenvalue weighted by Crippen LogP contribution is -2.45. The fourth-order valence-electron chi connectivity index (χ4n) is 3.00. The first kappa shape index (κ1) is 24.0. The van der Waals surface area contributed by atoms with Gasteiger partial charge in [-0.15, -0.1) is 0 Å². The summed E-state index contributed by atoms with van der Waals surface area (Å²) in [6, 6.07) is 15.8. The summed E-state index contributed by atoms with van der Waals surface area (Å²) in [5.41, 5.74) is 1.02. The number of hydrogen-bond acceptors (Lipinski definition) is 5. The van der Waals surface area contributed by atoms with E-state index in [0.29, 0.717) is 0 Å². The van der Waals surface area contributed by atoms with Crippen LogP contribution in [0.25, 0.3) is 0 Å². The molecule has 0 radical (unpaired) electrons. The molecule has 0 saturated carbocycles. The first-order chi connectivity index (χ1) is 15.8. The predicted molar refractivity (Wildman–Crippen MR) is 122 cm³/mol. The number of hydrogen-bond donors (Lipinski definition) is 3. The molecule has 33 heavy (non-hydrogen) atoms. The number of aromatic nitrogens is 1. The molecule has 0 aliphatic heterocycles. The Morgan fingerprint density at radius 3 is 2.30 bits per heavy atom. The molecular weight excluding hydrogens is 447 g/mol. The Hall–Kier alpha value is -3.63. The van der Waals surface area contributed by atoms with Crippen LogP contribution in [0.1, 0.15) is 22.8 Å². The molecule has 0 bridgehead atoms. The number of pyridine rings is 1. The van der Waals surface area contributed by atoms with Crippen molar-refractivity contribution in [1.29, 1.82) is 0 Å². The normalized spacial score (nSPS) is 12.1. The second-order valence-electron chi connectivity index (χ2n) is 7.09. The highest BCUT2D eigenvalue weighted by atomic mass is 32.2. The average Bonchev–Trinajstić information content (AvgIpc) is 2.80. The minimum Gasteiger partial charge on any atom is -0.340 e. The molecule has 10 heteroatoms. The van der Waals surface area contributed by atoms with Crippen LogP contribution in [0.4, 0.5) is 10.2 Å². The van der Waals surface area contributed by atoms with E-state index in [9.17, 15) is 22.4 Å². The van der Waals surface area contributed by atoms with Crippen molar-refractivity contribution in [1.82, 2.24) is 15.0 Å². The van der Waals surface area contributed by atoms with Gasteiger partial charge in [0.15, 0.2) is 0 Å². The first-order valence-corrected chi connectivity index (χ1v) is 11.6. The second kappa shape index (κ2) is 10.8. The number of anilines is 1. The third-order valence-electron chi connectivity index (χ3n) is 4.64. The van der Waals surface area contributed by atoms with Crippen LogP contribution < -0.4 is 15.4 Å². The van der Waals surface area contributed by atoms with Crippen LogP contribution in [0.3, 0.4) is 0 Å². The molecule has 2 amide bonds. The minimum absolute atomic E-state index is 0.0344. The molecule has 1 unspecified atom stereocenters. The molecule has 0 aliphatic rings. The number of benzene rings is 2. The monoisotopic (exact) mass is 470 g/mol. The zero-order valence-corrected chi connectivity index (χ0v) is 18.6. The van der Waals surface area contributed by atoms with Gasteiger partial charge in [-0.25, -0.2) is 22.5 Å². The second-order valence-corrected chi connectivity index (χ2v) is 8.86. The van der Waals surface area contributed by atoms with Crippen molar-refractivity contribution in [3.63, 3.8) is 0 Å². The quantitative estimate of drug-likeness (QED) is 0.444. The van der Waals surface area contributed by atoms with E-state index in [-0.39, 0.29) is 29.2 Å². The third kappa shape index (κ3) is 6.67. The van der Waals surface area contributed by atoms with E-state index in [2.05, 4.69) is 20.3 Å². The highest BCUT2D eigenvalue weighted by molar-refractivity contribution is 7.89. The molecule has 1 atom stereocenters. The number of carbonyl (C=O) groups excluding carboxylic acids is 2. The van der Waals surface area contributed by atoms with Crippen LogP contribution in [0.15, 0.2) is 77.8 Å². The molecule has 172 valence electrons. The van der Waals surface area contributed by atoms with E-state index in [1.165, 1.54) is 24.3 Å². The molecule has 0 spiro atoms. The van der Waals surface area contributed by atoms with Gasteiger partial charge in [0.1, 0.15) is 22.6 Å². The fraction of sp³-hybridized carbons (Fsp3) is 0.174. The summed E-state index contributed by atoms with van der Waals surface area (Å²) in [6.07, 6.45) is 1.34. The fourth-order valence-corrected chi connectivity index (χ4v) is 3.99. The maximum Gasteiger partial charge on any atom is 0.251 e. The van der Waals surface area contributed by atoms with Crippen LogP contribution in [0, 0.1) is 5.82 Å². The molecule has 0 aliphatic carbocycles. The van der Waals surface area contributed by atoms with E-state index in [1.807, 2.05) is 30.3 Å². The maximum atomic E-state index is 13.2. The lowest BCUT2D eigenvalue weighted by molar-refractivity contribution is -0.118. The number of halogens is 1. The molecule has 3 aromatic rings. The van der Waals surface area contributed by atoms with Crippen molar-refractivity contribution in [3.8, 4) is 0 Å². The van der Waals surface area contributed by atoms with Gasteiger partial charge in [-0.05, 0) is 42.0 Å².